The minimum atomic E-state index is -0.664. The molecule has 0 heterocycles. The van der Waals surface area contributed by atoms with E-state index >= 15 is 0 Å². The molecule has 2 aromatic rings. The number of methoxy groups -OCH3 is 2. The van der Waals surface area contributed by atoms with E-state index in [0.29, 0.717) is 28.4 Å². The van der Waals surface area contributed by atoms with Crippen LogP contribution < -0.4 is 14.2 Å². The summed E-state index contributed by atoms with van der Waals surface area (Å²) in [6.07, 6.45) is 0. The summed E-state index contributed by atoms with van der Waals surface area (Å²) >= 11 is 0. The number of benzene rings is 2. The van der Waals surface area contributed by atoms with Crippen molar-refractivity contribution in [1.29, 1.82) is 0 Å². The second-order valence-corrected chi connectivity index (χ2v) is 6.33. The van der Waals surface area contributed by atoms with Crippen molar-refractivity contribution >= 4 is 5.97 Å². The minimum absolute atomic E-state index is 0.00640. The predicted octanol–water partition coefficient (Wildman–Crippen LogP) is 4.03. The number of hydrogen-bond acceptors (Lipinski definition) is 5. The van der Waals surface area contributed by atoms with E-state index in [9.17, 15) is 9.90 Å². The highest BCUT2D eigenvalue weighted by Gasteiger charge is 2.27. The summed E-state index contributed by atoms with van der Waals surface area (Å²) in [5, 5.41) is 10.3. The first kappa shape index (κ1) is 17.7. The van der Waals surface area contributed by atoms with E-state index in [2.05, 4.69) is 0 Å². The van der Waals surface area contributed by atoms with Gasteiger partial charge in [0.2, 0.25) is 0 Å². The molecule has 0 unspecified atom stereocenters. The molecule has 128 valence electrons. The summed E-state index contributed by atoms with van der Waals surface area (Å²) in [5.41, 5.74) is 0.213. The van der Waals surface area contributed by atoms with Crippen LogP contribution in [-0.2, 0) is 4.79 Å². The molecule has 0 aliphatic carbocycles. The second kappa shape index (κ2) is 6.83. The first-order valence-electron chi connectivity index (χ1n) is 7.55. The highest BCUT2D eigenvalue weighted by Crippen LogP contribution is 2.47. The zero-order valence-corrected chi connectivity index (χ0v) is 14.5. The van der Waals surface area contributed by atoms with Gasteiger partial charge >= 0.3 is 5.97 Å². The van der Waals surface area contributed by atoms with Crippen LogP contribution in [0.25, 0.3) is 11.1 Å². The van der Waals surface area contributed by atoms with Crippen molar-refractivity contribution in [3.8, 4) is 34.1 Å². The van der Waals surface area contributed by atoms with Gasteiger partial charge in [-0.3, -0.25) is 4.79 Å². The third-order valence-electron chi connectivity index (χ3n) is 3.50. The Morgan fingerprint density at radius 3 is 1.92 bits per heavy atom. The molecule has 0 fully saturated rings. The molecular weight excluding hydrogens is 308 g/mol. The molecule has 0 atom stereocenters. The number of phenolic OH excluding ortho intramolecular Hbond substituents is 1. The highest BCUT2D eigenvalue weighted by atomic mass is 16.5. The van der Waals surface area contributed by atoms with E-state index in [1.807, 2.05) is 0 Å². The molecule has 24 heavy (non-hydrogen) atoms. The molecule has 0 saturated heterocycles. The summed E-state index contributed by atoms with van der Waals surface area (Å²) in [6.45, 7) is 5.32. The lowest BCUT2D eigenvalue weighted by Crippen LogP contribution is -2.25. The normalized spacial score (nSPS) is 11.0. The average Bonchev–Trinajstić information content (AvgIpc) is 2.53. The highest BCUT2D eigenvalue weighted by molar-refractivity contribution is 5.88. The molecule has 0 bridgehead atoms. The van der Waals surface area contributed by atoms with Crippen molar-refractivity contribution in [3.63, 3.8) is 0 Å². The van der Waals surface area contributed by atoms with Gasteiger partial charge < -0.3 is 19.3 Å². The molecule has 0 amide bonds. The Kier molecular flexibility index (Phi) is 5.02. The van der Waals surface area contributed by atoms with Gasteiger partial charge in [-0.25, -0.2) is 0 Å². The van der Waals surface area contributed by atoms with Crippen LogP contribution in [0, 0.1) is 5.41 Å². The van der Waals surface area contributed by atoms with Crippen LogP contribution in [0.1, 0.15) is 20.8 Å². The maximum atomic E-state index is 12.3. The van der Waals surface area contributed by atoms with Crippen LogP contribution in [-0.4, -0.2) is 25.3 Å². The van der Waals surface area contributed by atoms with E-state index in [1.54, 1.807) is 57.2 Å². The first-order chi connectivity index (χ1) is 11.3. The van der Waals surface area contributed by atoms with Crippen molar-refractivity contribution < 1.29 is 24.1 Å². The molecule has 0 radical (unpaired) electrons. The quantitative estimate of drug-likeness (QED) is 0.677. The Morgan fingerprint density at radius 2 is 1.38 bits per heavy atom. The van der Waals surface area contributed by atoms with E-state index in [-0.39, 0.29) is 11.7 Å². The number of ether oxygens (including phenoxy) is 3. The van der Waals surface area contributed by atoms with Crippen LogP contribution in [0.2, 0.25) is 0 Å². The Hall–Kier alpha value is -2.69. The molecule has 0 aromatic heterocycles. The maximum absolute atomic E-state index is 12.3. The van der Waals surface area contributed by atoms with Gasteiger partial charge in [0.05, 0.1) is 30.8 Å². The zero-order valence-electron chi connectivity index (χ0n) is 14.5. The summed E-state index contributed by atoms with van der Waals surface area (Å²) in [4.78, 5) is 12.3. The average molecular weight is 330 g/mol. The van der Waals surface area contributed by atoms with Gasteiger partial charge in [0, 0.05) is 0 Å². The van der Waals surface area contributed by atoms with Gasteiger partial charge in [-0.1, -0.05) is 12.1 Å². The molecule has 0 aliphatic rings. The fraction of sp³-hybridized carbons (Fsp3) is 0.316. The number of esters is 1. The Balaban J connectivity index is 2.67. The SMILES string of the molecule is COc1cccc(O)c1-c1c(OC)cccc1OC(=O)C(C)(C)C. The lowest BCUT2D eigenvalue weighted by Gasteiger charge is -2.20. The summed E-state index contributed by atoms with van der Waals surface area (Å²) in [7, 11) is 3.02. The summed E-state index contributed by atoms with van der Waals surface area (Å²) < 4.78 is 16.3. The lowest BCUT2D eigenvalue weighted by atomic mass is 9.97. The summed E-state index contributed by atoms with van der Waals surface area (Å²) in [5.74, 6) is 0.842. The predicted molar refractivity (Wildman–Crippen MR) is 91.7 cm³/mol. The zero-order chi connectivity index (χ0) is 17.9. The number of aromatic hydroxyl groups is 1. The van der Waals surface area contributed by atoms with E-state index in [4.69, 9.17) is 14.2 Å². The van der Waals surface area contributed by atoms with Crippen molar-refractivity contribution in [2.75, 3.05) is 14.2 Å². The van der Waals surface area contributed by atoms with Crippen molar-refractivity contribution in [2.45, 2.75) is 20.8 Å². The number of carbonyl (C=O) groups is 1. The Bertz CT molecular complexity index is 744. The van der Waals surface area contributed by atoms with Crippen LogP contribution in [0.3, 0.4) is 0 Å². The van der Waals surface area contributed by atoms with Gasteiger partial charge in [-0.05, 0) is 45.0 Å². The van der Waals surface area contributed by atoms with E-state index in [1.165, 1.54) is 14.2 Å². The topological polar surface area (TPSA) is 65.0 Å². The Morgan fingerprint density at radius 1 is 0.875 bits per heavy atom. The van der Waals surface area contributed by atoms with Crippen LogP contribution in [0.15, 0.2) is 36.4 Å². The minimum Gasteiger partial charge on any atom is -0.507 e. The van der Waals surface area contributed by atoms with Crippen molar-refractivity contribution in [2.24, 2.45) is 5.41 Å². The standard InChI is InChI=1S/C19H22O5/c1-19(2,3)18(21)24-15-11-7-10-14(23-5)17(15)16-12(20)8-6-9-13(16)22-4/h6-11,20H,1-5H3. The van der Waals surface area contributed by atoms with Crippen LogP contribution >= 0.6 is 0 Å². The summed E-state index contributed by atoms with van der Waals surface area (Å²) in [6, 6.07) is 10.0. The van der Waals surface area contributed by atoms with Gasteiger partial charge in [-0.15, -0.1) is 0 Å². The Labute approximate surface area is 141 Å². The molecule has 2 rings (SSSR count). The number of phenols is 1. The molecule has 2 aromatic carbocycles. The largest absolute Gasteiger partial charge is 0.507 e. The van der Waals surface area contributed by atoms with Gasteiger partial charge in [0.15, 0.2) is 0 Å². The third-order valence-corrected chi connectivity index (χ3v) is 3.50. The lowest BCUT2D eigenvalue weighted by molar-refractivity contribution is -0.142. The number of rotatable bonds is 4. The number of hydrogen-bond donors (Lipinski definition) is 1. The van der Waals surface area contributed by atoms with Crippen LogP contribution in [0.4, 0.5) is 0 Å². The fourth-order valence-corrected chi connectivity index (χ4v) is 2.21. The van der Waals surface area contributed by atoms with Crippen molar-refractivity contribution in [3.05, 3.63) is 36.4 Å². The monoisotopic (exact) mass is 330 g/mol. The molecule has 0 saturated carbocycles. The molecule has 5 nitrogen and oxygen atoms in total. The molecular formula is C19H22O5. The smallest absolute Gasteiger partial charge is 0.316 e. The van der Waals surface area contributed by atoms with Gasteiger partial charge in [0.25, 0.3) is 0 Å². The molecule has 5 heteroatoms. The molecule has 0 aliphatic heterocycles. The number of carbonyl (C=O) groups excluding carboxylic acids is 1. The molecule has 1 N–H and O–H groups in total. The van der Waals surface area contributed by atoms with Gasteiger partial charge in [-0.2, -0.15) is 0 Å². The third kappa shape index (κ3) is 3.45. The molecule has 0 spiro atoms. The maximum Gasteiger partial charge on any atom is 0.316 e. The first-order valence-corrected chi connectivity index (χ1v) is 7.55. The fourth-order valence-electron chi connectivity index (χ4n) is 2.21. The van der Waals surface area contributed by atoms with E-state index in [0.717, 1.165) is 0 Å². The van der Waals surface area contributed by atoms with Crippen molar-refractivity contribution in [1.82, 2.24) is 0 Å². The van der Waals surface area contributed by atoms with E-state index < -0.39 is 5.41 Å². The second-order valence-electron chi connectivity index (χ2n) is 6.33. The van der Waals surface area contributed by atoms with Crippen LogP contribution in [0.5, 0.6) is 23.0 Å². The van der Waals surface area contributed by atoms with Gasteiger partial charge in [0.1, 0.15) is 23.0 Å².